The van der Waals surface area contributed by atoms with E-state index in [1.807, 2.05) is 0 Å². The van der Waals surface area contributed by atoms with Gasteiger partial charge in [0.15, 0.2) is 0 Å². The van der Waals surface area contributed by atoms with E-state index in [0.29, 0.717) is 29.4 Å². The Morgan fingerprint density at radius 2 is 1.89 bits per heavy atom. The molecule has 0 aliphatic carbocycles. The van der Waals surface area contributed by atoms with E-state index in [9.17, 15) is 13.2 Å². The molecular formula is C18H21ClN2O5S. The van der Waals surface area contributed by atoms with Crippen molar-refractivity contribution in [3.8, 4) is 5.75 Å². The third-order valence-corrected chi connectivity index (χ3v) is 5.25. The van der Waals surface area contributed by atoms with Crippen molar-refractivity contribution >= 4 is 33.2 Å². The van der Waals surface area contributed by atoms with Crippen molar-refractivity contribution in [2.45, 2.75) is 18.2 Å². The number of amides is 1. The standard InChI is InChI=1S/C18H21ClN2O5S/c1-2-26-17-9-8-15(27(24,25)20-10-3-11-22)12-16(17)21-18(23)13-4-6-14(19)7-5-13/h4-9,12,20,22H,2-3,10-11H2,1H3,(H,21,23). The molecular weight excluding hydrogens is 392 g/mol. The van der Waals surface area contributed by atoms with Crippen molar-refractivity contribution in [3.63, 3.8) is 0 Å². The van der Waals surface area contributed by atoms with Crippen LogP contribution >= 0.6 is 11.6 Å². The fourth-order valence-corrected chi connectivity index (χ4v) is 3.45. The number of carbonyl (C=O) groups excluding carboxylic acids is 1. The smallest absolute Gasteiger partial charge is 0.255 e. The van der Waals surface area contributed by atoms with Crippen LogP contribution in [0.15, 0.2) is 47.4 Å². The van der Waals surface area contributed by atoms with Gasteiger partial charge in [-0.1, -0.05) is 11.6 Å². The Hall–Kier alpha value is -2.13. The summed E-state index contributed by atoms with van der Waals surface area (Å²) >= 11 is 5.83. The van der Waals surface area contributed by atoms with Crippen LogP contribution in [0.3, 0.4) is 0 Å². The van der Waals surface area contributed by atoms with E-state index in [1.54, 1.807) is 31.2 Å². The molecule has 0 fully saturated rings. The number of ether oxygens (including phenoxy) is 1. The van der Waals surface area contributed by atoms with Gasteiger partial charge in [0.25, 0.3) is 5.91 Å². The third-order valence-electron chi connectivity index (χ3n) is 3.54. The summed E-state index contributed by atoms with van der Waals surface area (Å²) in [6, 6.07) is 10.5. The first-order valence-electron chi connectivity index (χ1n) is 8.31. The van der Waals surface area contributed by atoms with E-state index in [4.69, 9.17) is 21.4 Å². The molecule has 2 aromatic carbocycles. The summed E-state index contributed by atoms with van der Waals surface area (Å²) in [6.45, 7) is 2.13. The number of hydrogen-bond acceptors (Lipinski definition) is 5. The van der Waals surface area contributed by atoms with Gasteiger partial charge in [-0.15, -0.1) is 0 Å². The molecule has 0 saturated carbocycles. The van der Waals surface area contributed by atoms with E-state index in [2.05, 4.69) is 10.0 Å². The highest BCUT2D eigenvalue weighted by molar-refractivity contribution is 7.89. The molecule has 7 nitrogen and oxygen atoms in total. The zero-order valence-electron chi connectivity index (χ0n) is 14.7. The Morgan fingerprint density at radius 3 is 2.52 bits per heavy atom. The molecule has 0 saturated heterocycles. The maximum Gasteiger partial charge on any atom is 0.255 e. The molecule has 0 aliphatic rings. The van der Waals surface area contributed by atoms with Crippen molar-refractivity contribution in [1.29, 1.82) is 0 Å². The van der Waals surface area contributed by atoms with Crippen LogP contribution in [-0.4, -0.2) is 39.2 Å². The molecule has 2 rings (SSSR count). The highest BCUT2D eigenvalue weighted by Crippen LogP contribution is 2.28. The summed E-state index contributed by atoms with van der Waals surface area (Å²) < 4.78 is 32.6. The van der Waals surface area contributed by atoms with Gasteiger partial charge in [0.1, 0.15) is 5.75 Å². The number of aliphatic hydroxyl groups is 1. The molecule has 0 spiro atoms. The number of aliphatic hydroxyl groups excluding tert-OH is 1. The predicted molar refractivity (Wildman–Crippen MR) is 104 cm³/mol. The fourth-order valence-electron chi connectivity index (χ4n) is 2.22. The van der Waals surface area contributed by atoms with Crippen molar-refractivity contribution in [2.75, 3.05) is 25.1 Å². The number of nitrogens with one attached hydrogen (secondary N) is 2. The van der Waals surface area contributed by atoms with E-state index in [-0.39, 0.29) is 23.7 Å². The molecule has 0 radical (unpaired) electrons. The molecule has 0 heterocycles. The van der Waals surface area contributed by atoms with Crippen molar-refractivity contribution < 1.29 is 23.1 Å². The maximum atomic E-state index is 12.5. The minimum absolute atomic E-state index is 0.0182. The third kappa shape index (κ3) is 5.93. The quantitative estimate of drug-likeness (QED) is 0.549. The van der Waals surface area contributed by atoms with Gasteiger partial charge in [0.2, 0.25) is 10.0 Å². The van der Waals surface area contributed by atoms with E-state index < -0.39 is 15.9 Å². The van der Waals surface area contributed by atoms with Crippen molar-refractivity contribution in [1.82, 2.24) is 4.72 Å². The number of halogens is 1. The normalized spacial score (nSPS) is 11.2. The summed E-state index contributed by atoms with van der Waals surface area (Å²) in [5.74, 6) is -0.0653. The first-order chi connectivity index (χ1) is 12.9. The molecule has 0 unspecified atom stereocenters. The topological polar surface area (TPSA) is 105 Å². The lowest BCUT2D eigenvalue weighted by Gasteiger charge is -2.14. The number of sulfonamides is 1. The van der Waals surface area contributed by atoms with Gasteiger partial charge < -0.3 is 15.2 Å². The Morgan fingerprint density at radius 1 is 1.19 bits per heavy atom. The summed E-state index contributed by atoms with van der Waals surface area (Å²) in [6.07, 6.45) is 0.302. The largest absolute Gasteiger partial charge is 0.492 e. The maximum absolute atomic E-state index is 12.5. The second-order valence-electron chi connectivity index (χ2n) is 5.53. The second kappa shape index (κ2) is 9.70. The number of rotatable bonds is 9. The average molecular weight is 413 g/mol. The zero-order chi connectivity index (χ0) is 19.9. The summed E-state index contributed by atoms with van der Waals surface area (Å²) in [5, 5.41) is 12.0. The molecule has 3 N–H and O–H groups in total. The SMILES string of the molecule is CCOc1ccc(S(=O)(=O)NCCCO)cc1NC(=O)c1ccc(Cl)cc1. The highest BCUT2D eigenvalue weighted by atomic mass is 35.5. The van der Waals surface area contributed by atoms with Gasteiger partial charge in [-0.25, -0.2) is 13.1 Å². The van der Waals surface area contributed by atoms with Crippen molar-refractivity contribution in [2.24, 2.45) is 0 Å². The molecule has 9 heteroatoms. The zero-order valence-corrected chi connectivity index (χ0v) is 16.3. The predicted octanol–water partition coefficient (Wildman–Crippen LogP) is 2.65. The van der Waals surface area contributed by atoms with Gasteiger partial charge in [-0.2, -0.15) is 0 Å². The Balaban J connectivity index is 2.29. The summed E-state index contributed by atoms with van der Waals surface area (Å²) in [5.41, 5.74) is 0.609. The summed E-state index contributed by atoms with van der Waals surface area (Å²) in [7, 11) is -3.78. The molecule has 146 valence electrons. The summed E-state index contributed by atoms with van der Waals surface area (Å²) in [4.78, 5) is 12.4. The number of carbonyl (C=O) groups is 1. The molecule has 0 aromatic heterocycles. The molecule has 27 heavy (non-hydrogen) atoms. The lowest BCUT2D eigenvalue weighted by molar-refractivity contribution is 0.102. The van der Waals surface area contributed by atoms with Crippen LogP contribution in [0.4, 0.5) is 5.69 Å². The van der Waals surface area contributed by atoms with Gasteiger partial charge in [-0.3, -0.25) is 4.79 Å². The Labute approximate surface area is 163 Å². The van der Waals surface area contributed by atoms with Gasteiger partial charge >= 0.3 is 0 Å². The Bertz CT molecular complexity index is 885. The van der Waals surface area contributed by atoms with Gasteiger partial charge in [-0.05, 0) is 55.8 Å². The number of anilines is 1. The lowest BCUT2D eigenvalue weighted by Crippen LogP contribution is -2.25. The lowest BCUT2D eigenvalue weighted by atomic mass is 10.2. The molecule has 2 aromatic rings. The van der Waals surface area contributed by atoms with Crippen LogP contribution in [0, 0.1) is 0 Å². The van der Waals surface area contributed by atoms with Crippen LogP contribution in [0.25, 0.3) is 0 Å². The van der Waals surface area contributed by atoms with Gasteiger partial charge in [0, 0.05) is 23.7 Å². The van der Waals surface area contributed by atoms with E-state index in [0.717, 1.165) is 0 Å². The second-order valence-corrected chi connectivity index (χ2v) is 7.73. The molecule has 0 aliphatic heterocycles. The molecule has 1 amide bonds. The first-order valence-corrected chi connectivity index (χ1v) is 10.2. The number of hydrogen-bond donors (Lipinski definition) is 3. The van der Waals surface area contributed by atoms with Crippen LogP contribution in [0.2, 0.25) is 5.02 Å². The van der Waals surface area contributed by atoms with E-state index in [1.165, 1.54) is 18.2 Å². The molecule has 0 atom stereocenters. The fraction of sp³-hybridized carbons (Fsp3) is 0.278. The minimum atomic E-state index is -3.78. The average Bonchev–Trinajstić information content (AvgIpc) is 2.64. The van der Waals surface area contributed by atoms with Crippen molar-refractivity contribution in [3.05, 3.63) is 53.1 Å². The van der Waals surface area contributed by atoms with Gasteiger partial charge in [0.05, 0.1) is 17.2 Å². The van der Waals surface area contributed by atoms with E-state index >= 15 is 0 Å². The monoisotopic (exact) mass is 412 g/mol. The van der Waals surface area contributed by atoms with Crippen LogP contribution in [0.1, 0.15) is 23.7 Å². The number of benzene rings is 2. The molecule has 0 bridgehead atoms. The highest BCUT2D eigenvalue weighted by Gasteiger charge is 2.18. The Kier molecular flexibility index (Phi) is 7.61. The minimum Gasteiger partial charge on any atom is -0.492 e. The van der Waals surface area contributed by atoms with Crippen LogP contribution < -0.4 is 14.8 Å². The van der Waals surface area contributed by atoms with Crippen LogP contribution in [-0.2, 0) is 10.0 Å². The first kappa shape index (κ1) is 21.2. The van der Waals surface area contributed by atoms with Crippen LogP contribution in [0.5, 0.6) is 5.75 Å².